The number of fused-ring (bicyclic) bond motifs is 2. The standard InChI is InChI=1S/C53H57N17O9/c1-31(69-29-34(61-63-69)3-2-15-56-50(54)55)47(75)65-16-20-67(21-17-65)52-58-51(57-33-6-11-39(42(26-33)49(77)78)46-40-12-9-37(73)27-44(40)79-45-28-38(74)10-13-41(45)46)59-53(60-52)68-22-18-66(19-23-68)48(76)43(25-32-4-7-36(72)8-5-32)70-30-35(14-24-71)62-64-70/h4-13,26-31,43,71-73H,2-3,14-25H2,1H3,(H,77,78)(H4,54,55,56)(H,57,58,59,60)/t31-,43-/m0/s1. The summed E-state index contributed by atoms with van der Waals surface area (Å²) in [4.78, 5) is 80.0. The fourth-order valence-electron chi connectivity index (χ4n) is 9.76. The van der Waals surface area contributed by atoms with Gasteiger partial charge in [-0.05, 0) is 79.4 Å². The molecule has 1 aliphatic carbocycles. The Bertz CT molecular complexity index is 3580. The molecule has 0 spiro atoms. The lowest BCUT2D eigenvalue weighted by Crippen LogP contribution is -2.52. The van der Waals surface area contributed by atoms with Crippen molar-refractivity contribution in [3.63, 3.8) is 0 Å². The van der Waals surface area contributed by atoms with Crippen molar-refractivity contribution in [2.24, 2.45) is 16.5 Å². The van der Waals surface area contributed by atoms with E-state index >= 15 is 0 Å². The number of carbonyl (C=O) groups excluding carboxylic acids is 2. The highest BCUT2D eigenvalue weighted by molar-refractivity contribution is 6.08. The van der Waals surface area contributed by atoms with Gasteiger partial charge in [-0.3, -0.25) is 19.4 Å². The van der Waals surface area contributed by atoms with E-state index in [0.717, 1.165) is 5.56 Å². The summed E-state index contributed by atoms with van der Waals surface area (Å²) in [6.45, 7) is 4.68. The number of nitrogens with one attached hydrogen (secondary N) is 1. The maximum Gasteiger partial charge on any atom is 0.336 e. The minimum absolute atomic E-state index is 0.0167. The van der Waals surface area contributed by atoms with Crippen LogP contribution in [0.1, 0.15) is 52.7 Å². The zero-order chi connectivity index (χ0) is 55.3. The van der Waals surface area contributed by atoms with E-state index in [1.165, 1.54) is 35.0 Å². The van der Waals surface area contributed by atoms with Gasteiger partial charge in [-0.1, -0.05) is 28.6 Å². The predicted octanol–water partition coefficient (Wildman–Crippen LogP) is 2.57. The van der Waals surface area contributed by atoms with Crippen molar-refractivity contribution in [1.29, 1.82) is 0 Å². The maximum absolute atomic E-state index is 14.5. The Kier molecular flexibility index (Phi) is 15.3. The number of benzene rings is 4. The second-order valence-corrected chi connectivity index (χ2v) is 19.2. The number of nitrogens with zero attached hydrogens (tertiary/aromatic N) is 14. The molecule has 2 atom stereocenters. The second kappa shape index (κ2) is 22.9. The number of hydrogen-bond donors (Lipinski definition) is 7. The quantitative estimate of drug-likeness (QED) is 0.0281. The molecule has 26 heteroatoms. The molecule has 3 aliphatic heterocycles. The van der Waals surface area contributed by atoms with E-state index in [4.69, 9.17) is 30.8 Å². The lowest BCUT2D eigenvalue weighted by Gasteiger charge is -2.38. The third-order valence-corrected chi connectivity index (χ3v) is 13.9. The molecule has 0 bridgehead atoms. The number of aryl methyl sites for hydroxylation is 1. The molecule has 0 unspecified atom stereocenters. The summed E-state index contributed by atoms with van der Waals surface area (Å²) in [5.74, 6) is -0.642. The van der Waals surface area contributed by atoms with Crippen molar-refractivity contribution in [3.8, 4) is 33.9 Å². The summed E-state index contributed by atoms with van der Waals surface area (Å²) in [5, 5.41) is 61.2. The first-order valence-corrected chi connectivity index (χ1v) is 25.6. The Morgan fingerprint density at radius 2 is 1.37 bits per heavy atom. The van der Waals surface area contributed by atoms with Gasteiger partial charge in [-0.15, -0.1) is 10.2 Å². The summed E-state index contributed by atoms with van der Waals surface area (Å²) < 4.78 is 9.08. The molecule has 3 aromatic heterocycles. The number of rotatable bonds is 18. The summed E-state index contributed by atoms with van der Waals surface area (Å²) >= 11 is 0. The normalized spacial score (nSPS) is 14.6. The zero-order valence-electron chi connectivity index (χ0n) is 43.0. The summed E-state index contributed by atoms with van der Waals surface area (Å²) in [7, 11) is 0. The van der Waals surface area contributed by atoms with E-state index < -0.39 is 18.1 Å². The fourth-order valence-corrected chi connectivity index (χ4v) is 9.76. The molecule has 6 aromatic rings. The first-order valence-electron chi connectivity index (χ1n) is 25.6. The number of piperazine rings is 2. The van der Waals surface area contributed by atoms with E-state index in [0.29, 0.717) is 110 Å². The average molecular weight is 1080 g/mol. The number of aliphatic hydroxyl groups is 1. The molecule has 2 fully saturated rings. The number of aliphatic imine (C=N–C) groups is 1. The predicted molar refractivity (Wildman–Crippen MR) is 289 cm³/mol. The van der Waals surface area contributed by atoms with Gasteiger partial charge in [0.2, 0.25) is 29.7 Å². The first kappa shape index (κ1) is 52.7. The van der Waals surface area contributed by atoms with Crippen molar-refractivity contribution >= 4 is 58.2 Å². The molecule has 0 radical (unpaired) electrons. The number of carboxylic acids is 1. The number of phenolic OH excluding ortho intramolecular Hbond substituents is 2. The zero-order valence-corrected chi connectivity index (χ0v) is 43.0. The highest BCUT2D eigenvalue weighted by Gasteiger charge is 2.33. The molecular formula is C53H57N17O9. The maximum atomic E-state index is 14.5. The van der Waals surface area contributed by atoms with Crippen molar-refractivity contribution < 1.29 is 39.2 Å². The van der Waals surface area contributed by atoms with Crippen LogP contribution in [0.2, 0.25) is 0 Å². The number of amides is 2. The van der Waals surface area contributed by atoms with Crippen molar-refractivity contribution in [2.45, 2.75) is 44.7 Å². The lowest BCUT2D eigenvalue weighted by atomic mass is 9.90. The highest BCUT2D eigenvalue weighted by atomic mass is 16.4. The smallest absolute Gasteiger partial charge is 0.336 e. The van der Waals surface area contributed by atoms with Crippen LogP contribution in [-0.2, 0) is 28.9 Å². The van der Waals surface area contributed by atoms with Gasteiger partial charge in [-0.25, -0.2) is 14.2 Å². The lowest BCUT2D eigenvalue weighted by molar-refractivity contribution is -0.136. The highest BCUT2D eigenvalue weighted by Crippen LogP contribution is 2.43. The number of carbonyl (C=O) groups is 3. The summed E-state index contributed by atoms with van der Waals surface area (Å²) in [5.41, 5.74) is 14.4. The Morgan fingerprint density at radius 1 is 0.734 bits per heavy atom. The first-order chi connectivity index (χ1) is 38.2. The van der Waals surface area contributed by atoms with Gasteiger partial charge in [0.05, 0.1) is 17.0 Å². The van der Waals surface area contributed by atoms with Gasteiger partial charge >= 0.3 is 5.97 Å². The Balaban J connectivity index is 0.917. The average Bonchev–Trinajstić information content (AvgIpc) is 4.21. The van der Waals surface area contributed by atoms with Gasteiger partial charge < -0.3 is 61.2 Å². The molecule has 2 saturated heterocycles. The number of hydrogen-bond acceptors (Lipinski definition) is 19. The molecule has 26 nitrogen and oxygen atoms in total. The number of carboxylic acid groups (broad SMARTS) is 1. The molecule has 0 saturated carbocycles. The monoisotopic (exact) mass is 1080 g/mol. The van der Waals surface area contributed by atoms with Crippen LogP contribution in [0, 0.1) is 0 Å². The number of phenols is 2. The van der Waals surface area contributed by atoms with Crippen LogP contribution in [0.15, 0.2) is 105 Å². The number of anilines is 4. The van der Waals surface area contributed by atoms with E-state index in [1.807, 2.05) is 9.80 Å². The SMILES string of the molecule is C[C@@H](C(=O)N1CCN(c2nc(Nc3ccc(-c4c5ccc(=O)cc-5oc5cc(O)ccc45)c(C(=O)O)c3)nc(N3CCN(C(=O)[C@H](Cc4ccc(O)cc4)n4cc(CCO)nn4)CC3)n2)CC1)n1cc(CCCN=C(N)N)nn1. The minimum atomic E-state index is -1.24. The number of aromatic carboxylic acids is 1. The number of nitrogens with two attached hydrogens (primary N) is 2. The van der Waals surface area contributed by atoms with Crippen LogP contribution >= 0.6 is 0 Å². The summed E-state index contributed by atoms with van der Waals surface area (Å²) in [6, 6.07) is 18.8. The molecule has 6 heterocycles. The number of aromatic hydroxyl groups is 2. The van der Waals surface area contributed by atoms with E-state index in [1.54, 1.807) is 82.3 Å². The van der Waals surface area contributed by atoms with Gasteiger partial charge in [-0.2, -0.15) is 15.0 Å². The van der Waals surface area contributed by atoms with Crippen LogP contribution in [-0.4, -0.2) is 164 Å². The minimum Gasteiger partial charge on any atom is -0.508 e. The third kappa shape index (κ3) is 11.8. The van der Waals surface area contributed by atoms with E-state index in [9.17, 15) is 39.6 Å². The number of guanidine groups is 1. The number of aromatic nitrogens is 9. The molecular weight excluding hydrogens is 1020 g/mol. The van der Waals surface area contributed by atoms with Gasteiger partial charge in [0, 0.05) is 125 Å². The van der Waals surface area contributed by atoms with Crippen LogP contribution in [0.4, 0.5) is 23.5 Å². The van der Waals surface area contributed by atoms with Crippen LogP contribution in [0.5, 0.6) is 11.5 Å². The Hall–Kier alpha value is -9.72. The summed E-state index contributed by atoms with van der Waals surface area (Å²) in [6.07, 6.45) is 5.18. The second-order valence-electron chi connectivity index (χ2n) is 19.2. The molecule has 9 N–H and O–H groups in total. The largest absolute Gasteiger partial charge is 0.508 e. The molecule has 4 aliphatic rings. The van der Waals surface area contributed by atoms with Gasteiger partial charge in [0.15, 0.2) is 11.4 Å². The van der Waals surface area contributed by atoms with Crippen molar-refractivity contribution in [2.75, 3.05) is 80.6 Å². The van der Waals surface area contributed by atoms with Crippen molar-refractivity contribution in [1.82, 2.24) is 54.7 Å². The molecule has 79 heavy (non-hydrogen) atoms. The third-order valence-electron chi connectivity index (χ3n) is 13.9. The van der Waals surface area contributed by atoms with Crippen LogP contribution < -0.4 is 32.0 Å². The van der Waals surface area contributed by atoms with E-state index in [-0.39, 0.29) is 90.1 Å². The Morgan fingerprint density at radius 3 is 2.04 bits per heavy atom. The molecule has 408 valence electrons. The number of aliphatic hydroxyl groups excluding tert-OH is 1. The van der Waals surface area contributed by atoms with Crippen LogP contribution in [0.3, 0.4) is 0 Å². The topological polar surface area (TPSA) is 352 Å². The molecule has 2 amide bonds. The fraction of sp³-hybridized carbons (Fsp3) is 0.321. The molecule has 3 aromatic carbocycles. The van der Waals surface area contributed by atoms with Gasteiger partial charge in [0.25, 0.3) is 0 Å². The molecule has 10 rings (SSSR count). The van der Waals surface area contributed by atoms with Crippen LogP contribution in [0.25, 0.3) is 33.4 Å². The van der Waals surface area contributed by atoms with Gasteiger partial charge in [0.1, 0.15) is 34.9 Å². The van der Waals surface area contributed by atoms with E-state index in [2.05, 4.69) is 30.9 Å². The Labute approximate surface area is 450 Å². The van der Waals surface area contributed by atoms with Crippen molar-refractivity contribution in [3.05, 3.63) is 124 Å².